The molecule has 7 heteroatoms. The maximum absolute atomic E-state index is 12.5. The van der Waals surface area contributed by atoms with E-state index in [1.165, 1.54) is 4.31 Å². The Morgan fingerprint density at radius 2 is 1.91 bits per heavy atom. The molecule has 1 aliphatic rings. The van der Waals surface area contributed by atoms with Crippen molar-refractivity contribution >= 4 is 15.9 Å². The lowest BCUT2D eigenvalue weighted by molar-refractivity contribution is -0.122. The molecular formula is C16H24N2O4S. The van der Waals surface area contributed by atoms with Crippen molar-refractivity contribution in [2.75, 3.05) is 33.4 Å². The first-order valence-corrected chi connectivity index (χ1v) is 9.29. The molecule has 1 aromatic carbocycles. The highest BCUT2D eigenvalue weighted by molar-refractivity contribution is 7.89. The molecule has 0 atom stereocenters. The molecule has 0 saturated carbocycles. The van der Waals surface area contributed by atoms with Gasteiger partial charge in [-0.3, -0.25) is 4.79 Å². The SMILES string of the molecule is COCCNC(=O)CC1CCN(S(=O)(=O)c2ccccc2)CC1. The second kappa shape index (κ2) is 8.42. The molecule has 1 aliphatic heterocycles. The average molecular weight is 340 g/mol. The van der Waals surface area contributed by atoms with Gasteiger partial charge in [0.25, 0.3) is 0 Å². The summed E-state index contributed by atoms with van der Waals surface area (Å²) in [4.78, 5) is 12.1. The number of ether oxygens (including phenoxy) is 1. The van der Waals surface area contributed by atoms with Gasteiger partial charge in [0.15, 0.2) is 0 Å². The second-order valence-corrected chi connectivity index (χ2v) is 7.65. The highest BCUT2D eigenvalue weighted by Crippen LogP contribution is 2.25. The molecule has 0 aromatic heterocycles. The molecule has 1 amide bonds. The molecule has 0 aliphatic carbocycles. The number of hydrogen-bond donors (Lipinski definition) is 1. The topological polar surface area (TPSA) is 75.7 Å². The minimum Gasteiger partial charge on any atom is -0.383 e. The normalized spacial score (nSPS) is 17.1. The third kappa shape index (κ3) is 5.02. The van der Waals surface area contributed by atoms with Crippen LogP contribution in [0.5, 0.6) is 0 Å². The van der Waals surface area contributed by atoms with Gasteiger partial charge in [0.05, 0.1) is 11.5 Å². The zero-order valence-electron chi connectivity index (χ0n) is 13.4. The number of hydrogen-bond acceptors (Lipinski definition) is 4. The molecule has 1 N–H and O–H groups in total. The van der Waals surface area contributed by atoms with Gasteiger partial charge in [0.1, 0.15) is 0 Å². The largest absolute Gasteiger partial charge is 0.383 e. The van der Waals surface area contributed by atoms with Crippen LogP contribution in [-0.2, 0) is 19.6 Å². The van der Waals surface area contributed by atoms with Crippen LogP contribution in [0.25, 0.3) is 0 Å². The molecule has 1 aromatic rings. The monoisotopic (exact) mass is 340 g/mol. The van der Waals surface area contributed by atoms with Gasteiger partial charge in [0.2, 0.25) is 15.9 Å². The van der Waals surface area contributed by atoms with Gasteiger partial charge in [-0.25, -0.2) is 8.42 Å². The summed E-state index contributed by atoms with van der Waals surface area (Å²) in [6, 6.07) is 8.48. The van der Waals surface area contributed by atoms with Crippen molar-refractivity contribution in [3.8, 4) is 0 Å². The minimum atomic E-state index is -3.42. The van der Waals surface area contributed by atoms with Crippen LogP contribution in [0.1, 0.15) is 19.3 Å². The Morgan fingerprint density at radius 3 is 2.52 bits per heavy atom. The molecule has 0 bridgehead atoms. The van der Waals surface area contributed by atoms with Crippen molar-refractivity contribution in [2.24, 2.45) is 5.92 Å². The Morgan fingerprint density at radius 1 is 1.26 bits per heavy atom. The van der Waals surface area contributed by atoms with E-state index in [9.17, 15) is 13.2 Å². The summed E-state index contributed by atoms with van der Waals surface area (Å²) >= 11 is 0. The summed E-state index contributed by atoms with van der Waals surface area (Å²) in [6.07, 6.45) is 1.87. The number of benzene rings is 1. The number of piperidine rings is 1. The fourth-order valence-electron chi connectivity index (χ4n) is 2.72. The lowest BCUT2D eigenvalue weighted by atomic mass is 9.94. The van der Waals surface area contributed by atoms with Crippen LogP contribution >= 0.6 is 0 Å². The summed E-state index contributed by atoms with van der Waals surface area (Å²) in [5, 5.41) is 2.80. The zero-order valence-corrected chi connectivity index (χ0v) is 14.2. The molecule has 0 spiro atoms. The van der Waals surface area contributed by atoms with Crippen molar-refractivity contribution in [3.63, 3.8) is 0 Å². The molecule has 23 heavy (non-hydrogen) atoms. The van der Waals surface area contributed by atoms with Gasteiger partial charge < -0.3 is 10.1 Å². The average Bonchev–Trinajstić information content (AvgIpc) is 2.56. The van der Waals surface area contributed by atoms with Gasteiger partial charge in [-0.1, -0.05) is 18.2 Å². The smallest absolute Gasteiger partial charge is 0.243 e. The Hall–Kier alpha value is -1.44. The second-order valence-electron chi connectivity index (χ2n) is 5.71. The van der Waals surface area contributed by atoms with E-state index in [1.54, 1.807) is 37.4 Å². The molecule has 0 radical (unpaired) electrons. The van der Waals surface area contributed by atoms with Crippen LogP contribution in [0.15, 0.2) is 35.2 Å². The van der Waals surface area contributed by atoms with E-state index in [4.69, 9.17) is 4.74 Å². The van der Waals surface area contributed by atoms with E-state index in [0.717, 1.165) is 0 Å². The molecule has 1 saturated heterocycles. The fourth-order valence-corrected chi connectivity index (χ4v) is 4.21. The first-order valence-electron chi connectivity index (χ1n) is 7.85. The molecule has 1 heterocycles. The third-order valence-corrected chi connectivity index (χ3v) is 5.97. The molecule has 1 fully saturated rings. The molecular weight excluding hydrogens is 316 g/mol. The van der Waals surface area contributed by atoms with Crippen molar-refractivity contribution in [1.82, 2.24) is 9.62 Å². The standard InChI is InChI=1S/C16H24N2O4S/c1-22-12-9-17-16(19)13-14-7-10-18(11-8-14)23(20,21)15-5-3-2-4-6-15/h2-6,14H,7-13H2,1H3,(H,17,19). The van der Waals surface area contributed by atoms with Gasteiger partial charge >= 0.3 is 0 Å². The highest BCUT2D eigenvalue weighted by Gasteiger charge is 2.29. The van der Waals surface area contributed by atoms with Gasteiger partial charge in [0, 0.05) is 33.2 Å². The van der Waals surface area contributed by atoms with Crippen LogP contribution in [-0.4, -0.2) is 52.0 Å². The van der Waals surface area contributed by atoms with Gasteiger partial charge in [-0.2, -0.15) is 4.31 Å². The maximum Gasteiger partial charge on any atom is 0.243 e. The van der Waals surface area contributed by atoms with Crippen molar-refractivity contribution in [2.45, 2.75) is 24.2 Å². The summed E-state index contributed by atoms with van der Waals surface area (Å²) in [7, 11) is -1.82. The fraction of sp³-hybridized carbons (Fsp3) is 0.562. The third-order valence-electron chi connectivity index (χ3n) is 4.06. The highest BCUT2D eigenvalue weighted by atomic mass is 32.2. The number of nitrogens with one attached hydrogen (secondary N) is 1. The molecule has 128 valence electrons. The predicted octanol–water partition coefficient (Wildman–Crippen LogP) is 1.24. The summed E-state index contributed by atoms with van der Waals surface area (Å²) in [6.45, 7) is 1.94. The number of sulfonamides is 1. The minimum absolute atomic E-state index is 0.00594. The summed E-state index contributed by atoms with van der Waals surface area (Å²) in [5.41, 5.74) is 0. The number of nitrogens with zero attached hydrogens (tertiary/aromatic N) is 1. The van der Waals surface area contributed by atoms with Crippen molar-refractivity contribution in [3.05, 3.63) is 30.3 Å². The van der Waals surface area contributed by atoms with Crippen LogP contribution < -0.4 is 5.32 Å². The Kier molecular flexibility index (Phi) is 6.56. The van der Waals surface area contributed by atoms with E-state index in [2.05, 4.69) is 5.32 Å². The summed E-state index contributed by atoms with van der Waals surface area (Å²) in [5.74, 6) is 0.242. The Balaban J connectivity index is 1.83. The summed E-state index contributed by atoms with van der Waals surface area (Å²) < 4.78 is 31.4. The Labute approximate surface area is 137 Å². The van der Waals surface area contributed by atoms with E-state index in [0.29, 0.717) is 50.4 Å². The van der Waals surface area contributed by atoms with Crippen LogP contribution in [0.4, 0.5) is 0 Å². The van der Waals surface area contributed by atoms with Gasteiger partial charge in [-0.15, -0.1) is 0 Å². The van der Waals surface area contributed by atoms with Crippen molar-refractivity contribution < 1.29 is 17.9 Å². The number of methoxy groups -OCH3 is 1. The predicted molar refractivity (Wildman–Crippen MR) is 87.4 cm³/mol. The van der Waals surface area contributed by atoms with Crippen molar-refractivity contribution in [1.29, 1.82) is 0 Å². The van der Waals surface area contributed by atoms with Crippen LogP contribution in [0.2, 0.25) is 0 Å². The first-order chi connectivity index (χ1) is 11.0. The number of amides is 1. The Bertz CT molecular complexity index is 596. The lowest BCUT2D eigenvalue weighted by Gasteiger charge is -2.31. The molecule has 2 rings (SSSR count). The van der Waals surface area contributed by atoms with Crippen LogP contribution in [0, 0.1) is 5.92 Å². The van der Waals surface area contributed by atoms with E-state index >= 15 is 0 Å². The van der Waals surface area contributed by atoms with E-state index < -0.39 is 10.0 Å². The van der Waals surface area contributed by atoms with Gasteiger partial charge in [-0.05, 0) is 30.9 Å². The molecule has 0 unspecified atom stereocenters. The number of carbonyl (C=O) groups excluding carboxylic acids is 1. The quantitative estimate of drug-likeness (QED) is 0.758. The molecule has 6 nitrogen and oxygen atoms in total. The van der Waals surface area contributed by atoms with E-state index in [1.807, 2.05) is 0 Å². The van der Waals surface area contributed by atoms with Crippen LogP contribution in [0.3, 0.4) is 0 Å². The zero-order chi connectivity index (χ0) is 16.7. The van der Waals surface area contributed by atoms with E-state index in [-0.39, 0.29) is 11.8 Å². The number of carbonyl (C=O) groups is 1. The lowest BCUT2D eigenvalue weighted by Crippen LogP contribution is -2.39. The number of rotatable bonds is 7. The maximum atomic E-state index is 12.5. The first kappa shape index (κ1) is 17.9.